The molecule has 0 radical (unpaired) electrons. The van der Waals surface area contributed by atoms with E-state index in [0.29, 0.717) is 0 Å². The third-order valence-corrected chi connectivity index (χ3v) is 1.51. The molecule has 0 heterocycles. The fraction of sp³-hybridized carbons (Fsp3) is 0. The molecule has 0 unspecified atom stereocenters. The monoisotopic (exact) mass is 181 g/mol. The summed E-state index contributed by atoms with van der Waals surface area (Å²) in [7, 11) is 0. The minimum atomic E-state index is 0.0684. The van der Waals surface area contributed by atoms with Gasteiger partial charge in [-0.25, -0.2) is 0 Å². The molecule has 0 bridgehead atoms. The van der Waals surface area contributed by atoms with Crippen LogP contribution in [0.5, 0.6) is 0 Å². The van der Waals surface area contributed by atoms with E-state index in [1.807, 2.05) is 30.3 Å². The zero-order valence-corrected chi connectivity index (χ0v) is 7.07. The normalized spacial score (nSPS) is 12.2. The van der Waals surface area contributed by atoms with Gasteiger partial charge < -0.3 is 5.21 Å². The molecule has 0 saturated carbocycles. The second-order valence-electron chi connectivity index (χ2n) is 2.17. The summed E-state index contributed by atoms with van der Waals surface area (Å²) in [5.74, 6) is 0. The molecule has 62 valence electrons. The molecule has 1 aromatic carbocycles. The van der Waals surface area contributed by atoms with E-state index in [4.69, 9.17) is 16.8 Å². The summed E-state index contributed by atoms with van der Waals surface area (Å²) in [6.45, 7) is 0. The van der Waals surface area contributed by atoms with E-state index in [9.17, 15) is 0 Å². The van der Waals surface area contributed by atoms with Gasteiger partial charge in [0.2, 0.25) is 0 Å². The first-order chi connectivity index (χ1) is 5.83. The number of hydrogen-bond acceptors (Lipinski definition) is 2. The number of rotatable bonds is 2. The number of nitrogens with zero attached hydrogens (tertiary/aromatic N) is 1. The SMILES string of the molecule is O/N=C(Cl)/C=C/c1ccccc1. The summed E-state index contributed by atoms with van der Waals surface area (Å²) in [6, 6.07) is 9.63. The number of allylic oxidation sites excluding steroid dienone is 1. The van der Waals surface area contributed by atoms with Crippen LogP contribution in [0.15, 0.2) is 41.6 Å². The largest absolute Gasteiger partial charge is 0.410 e. The lowest BCUT2D eigenvalue weighted by Crippen LogP contribution is -1.77. The van der Waals surface area contributed by atoms with E-state index in [2.05, 4.69) is 5.16 Å². The molecular weight excluding hydrogens is 174 g/mol. The second-order valence-corrected chi connectivity index (χ2v) is 2.55. The average Bonchev–Trinajstić information content (AvgIpc) is 2.16. The van der Waals surface area contributed by atoms with Gasteiger partial charge in [0.25, 0.3) is 0 Å². The Morgan fingerprint density at radius 1 is 1.33 bits per heavy atom. The van der Waals surface area contributed by atoms with E-state index in [-0.39, 0.29) is 5.17 Å². The fourth-order valence-corrected chi connectivity index (χ4v) is 0.825. The van der Waals surface area contributed by atoms with Crippen LogP contribution < -0.4 is 0 Å². The van der Waals surface area contributed by atoms with Gasteiger partial charge in [-0.3, -0.25) is 0 Å². The third-order valence-electron chi connectivity index (χ3n) is 1.31. The molecule has 0 atom stereocenters. The van der Waals surface area contributed by atoms with Crippen LogP contribution in [-0.4, -0.2) is 10.4 Å². The Labute approximate surface area is 75.8 Å². The van der Waals surface area contributed by atoms with E-state index in [1.165, 1.54) is 6.08 Å². The Hall–Kier alpha value is -1.28. The van der Waals surface area contributed by atoms with Gasteiger partial charge >= 0.3 is 0 Å². The molecule has 0 fully saturated rings. The Morgan fingerprint density at radius 3 is 2.58 bits per heavy atom. The van der Waals surface area contributed by atoms with Gasteiger partial charge in [0.05, 0.1) is 0 Å². The minimum Gasteiger partial charge on any atom is -0.410 e. The van der Waals surface area contributed by atoms with Gasteiger partial charge in [0.15, 0.2) is 5.17 Å². The molecule has 2 nitrogen and oxygen atoms in total. The van der Waals surface area contributed by atoms with Crippen molar-refractivity contribution >= 4 is 22.8 Å². The number of halogens is 1. The maximum Gasteiger partial charge on any atom is 0.168 e. The highest BCUT2D eigenvalue weighted by molar-refractivity contribution is 6.68. The number of benzene rings is 1. The molecule has 0 aromatic heterocycles. The summed E-state index contributed by atoms with van der Waals surface area (Å²) >= 11 is 5.43. The van der Waals surface area contributed by atoms with Crippen molar-refractivity contribution in [3.63, 3.8) is 0 Å². The Balaban J connectivity index is 2.70. The van der Waals surface area contributed by atoms with Gasteiger partial charge in [-0.1, -0.05) is 53.2 Å². The average molecular weight is 182 g/mol. The van der Waals surface area contributed by atoms with E-state index < -0.39 is 0 Å². The van der Waals surface area contributed by atoms with Crippen molar-refractivity contribution in [1.82, 2.24) is 0 Å². The Kier molecular flexibility index (Phi) is 3.35. The van der Waals surface area contributed by atoms with Crippen LogP contribution in [0.4, 0.5) is 0 Å². The van der Waals surface area contributed by atoms with Crippen molar-refractivity contribution in [2.24, 2.45) is 5.16 Å². The summed E-state index contributed by atoms with van der Waals surface area (Å²) < 4.78 is 0. The molecule has 1 aromatic rings. The van der Waals surface area contributed by atoms with Crippen molar-refractivity contribution in [3.8, 4) is 0 Å². The van der Waals surface area contributed by atoms with Gasteiger partial charge in [0, 0.05) is 0 Å². The first kappa shape index (κ1) is 8.81. The van der Waals surface area contributed by atoms with Crippen LogP contribution >= 0.6 is 11.6 Å². The van der Waals surface area contributed by atoms with E-state index in [1.54, 1.807) is 6.08 Å². The lowest BCUT2D eigenvalue weighted by atomic mass is 10.2. The molecule has 12 heavy (non-hydrogen) atoms. The topological polar surface area (TPSA) is 32.6 Å². The lowest BCUT2D eigenvalue weighted by molar-refractivity contribution is 0.321. The first-order valence-electron chi connectivity index (χ1n) is 3.43. The van der Waals surface area contributed by atoms with Crippen molar-refractivity contribution in [1.29, 1.82) is 0 Å². The first-order valence-corrected chi connectivity index (χ1v) is 3.81. The van der Waals surface area contributed by atoms with Crippen LogP contribution in [0.25, 0.3) is 6.08 Å². The van der Waals surface area contributed by atoms with Crippen LogP contribution in [0.2, 0.25) is 0 Å². The zero-order valence-electron chi connectivity index (χ0n) is 6.31. The Morgan fingerprint density at radius 2 is 2.00 bits per heavy atom. The zero-order chi connectivity index (χ0) is 8.81. The molecule has 0 aliphatic carbocycles. The maximum atomic E-state index is 8.22. The molecule has 3 heteroatoms. The lowest BCUT2D eigenvalue weighted by Gasteiger charge is -1.89. The minimum absolute atomic E-state index is 0.0684. The third kappa shape index (κ3) is 2.76. The summed E-state index contributed by atoms with van der Waals surface area (Å²) in [5.41, 5.74) is 1.01. The molecule has 0 aliphatic heterocycles. The Bertz CT molecular complexity index is 293. The molecule has 0 amide bonds. The van der Waals surface area contributed by atoms with Gasteiger partial charge in [-0.05, 0) is 11.6 Å². The summed E-state index contributed by atoms with van der Waals surface area (Å²) in [6.07, 6.45) is 3.29. The molecule has 0 spiro atoms. The molecule has 0 saturated heterocycles. The van der Waals surface area contributed by atoms with Crippen LogP contribution in [0.1, 0.15) is 5.56 Å². The molecule has 0 aliphatic rings. The highest BCUT2D eigenvalue weighted by Gasteiger charge is 1.85. The number of hydrogen-bond donors (Lipinski definition) is 1. The van der Waals surface area contributed by atoms with Crippen molar-refractivity contribution in [3.05, 3.63) is 42.0 Å². The van der Waals surface area contributed by atoms with E-state index >= 15 is 0 Å². The van der Waals surface area contributed by atoms with Gasteiger partial charge in [0.1, 0.15) is 0 Å². The molecule has 1 rings (SSSR count). The van der Waals surface area contributed by atoms with Crippen molar-refractivity contribution in [2.75, 3.05) is 0 Å². The standard InChI is InChI=1S/C9H8ClNO/c10-9(11-12)7-6-8-4-2-1-3-5-8/h1-7,12H/b7-6+,11-9-. The van der Waals surface area contributed by atoms with Gasteiger partial charge in [-0.15, -0.1) is 0 Å². The quantitative estimate of drug-likeness (QED) is 0.425. The highest BCUT2D eigenvalue weighted by Crippen LogP contribution is 2.01. The van der Waals surface area contributed by atoms with Crippen LogP contribution in [-0.2, 0) is 0 Å². The van der Waals surface area contributed by atoms with E-state index in [0.717, 1.165) is 5.56 Å². The van der Waals surface area contributed by atoms with Crippen LogP contribution in [0, 0.1) is 0 Å². The highest BCUT2D eigenvalue weighted by atomic mass is 35.5. The predicted octanol–water partition coefficient (Wildman–Crippen LogP) is 2.73. The van der Waals surface area contributed by atoms with Crippen molar-refractivity contribution < 1.29 is 5.21 Å². The molecular formula is C9H8ClNO. The fourth-order valence-electron chi connectivity index (χ4n) is 0.762. The maximum absolute atomic E-state index is 8.22. The molecule has 1 N–H and O–H groups in total. The van der Waals surface area contributed by atoms with Gasteiger partial charge in [-0.2, -0.15) is 0 Å². The van der Waals surface area contributed by atoms with Crippen LogP contribution in [0.3, 0.4) is 0 Å². The predicted molar refractivity (Wildman–Crippen MR) is 50.6 cm³/mol. The smallest absolute Gasteiger partial charge is 0.168 e. The number of oxime groups is 1. The summed E-state index contributed by atoms with van der Waals surface area (Å²) in [5, 5.41) is 11.1. The second kappa shape index (κ2) is 4.57. The summed E-state index contributed by atoms with van der Waals surface area (Å²) in [4.78, 5) is 0. The van der Waals surface area contributed by atoms with Crippen molar-refractivity contribution in [2.45, 2.75) is 0 Å².